The van der Waals surface area contributed by atoms with Gasteiger partial charge < -0.3 is 15.4 Å². The van der Waals surface area contributed by atoms with Gasteiger partial charge in [0.05, 0.1) is 7.11 Å². The molecule has 0 aliphatic carbocycles. The molecule has 2 aromatic rings. The van der Waals surface area contributed by atoms with Gasteiger partial charge in [-0.25, -0.2) is 0 Å². The molecular weight excluding hydrogens is 316 g/mol. The van der Waals surface area contributed by atoms with Crippen LogP contribution in [0.5, 0.6) is 5.75 Å². The molecule has 0 atom stereocenters. The minimum atomic E-state index is -0.00780. The van der Waals surface area contributed by atoms with Crippen molar-refractivity contribution in [3.05, 3.63) is 42.0 Å². The van der Waals surface area contributed by atoms with Crippen molar-refractivity contribution in [2.75, 3.05) is 13.7 Å². The molecule has 0 aromatic heterocycles. The lowest BCUT2D eigenvalue weighted by Crippen LogP contribution is -2.23. The van der Waals surface area contributed by atoms with E-state index in [9.17, 15) is 9.59 Å². The highest BCUT2D eigenvalue weighted by Crippen LogP contribution is 2.21. The van der Waals surface area contributed by atoms with Crippen molar-refractivity contribution in [1.82, 2.24) is 10.6 Å². The Balaban J connectivity index is 1.72. The summed E-state index contributed by atoms with van der Waals surface area (Å²) in [6.45, 7) is 2.72. The summed E-state index contributed by atoms with van der Waals surface area (Å²) in [6, 6.07) is 12.1. The van der Waals surface area contributed by atoms with E-state index in [1.165, 1.54) is 6.92 Å². The zero-order valence-electron chi connectivity index (χ0n) is 14.9. The third-order valence-electron chi connectivity index (χ3n) is 4.06. The molecule has 0 saturated heterocycles. The van der Waals surface area contributed by atoms with Gasteiger partial charge in [-0.3, -0.25) is 9.59 Å². The summed E-state index contributed by atoms with van der Waals surface area (Å²) in [5, 5.41) is 7.97. The van der Waals surface area contributed by atoms with Gasteiger partial charge in [0.25, 0.3) is 0 Å². The Hall–Kier alpha value is -2.56. The molecule has 0 saturated carbocycles. The van der Waals surface area contributed by atoms with Gasteiger partial charge in [-0.15, -0.1) is 0 Å². The van der Waals surface area contributed by atoms with E-state index in [-0.39, 0.29) is 11.8 Å². The van der Waals surface area contributed by atoms with Crippen molar-refractivity contribution in [2.24, 2.45) is 0 Å². The number of nitrogens with one attached hydrogen (secondary N) is 2. The fourth-order valence-corrected chi connectivity index (χ4v) is 2.65. The molecule has 2 amide bonds. The average molecular weight is 342 g/mol. The summed E-state index contributed by atoms with van der Waals surface area (Å²) >= 11 is 0. The van der Waals surface area contributed by atoms with Crippen LogP contribution >= 0.6 is 0 Å². The van der Waals surface area contributed by atoms with E-state index in [0.717, 1.165) is 41.3 Å². The van der Waals surface area contributed by atoms with Gasteiger partial charge >= 0.3 is 0 Å². The van der Waals surface area contributed by atoms with E-state index in [0.29, 0.717) is 19.5 Å². The first-order valence-electron chi connectivity index (χ1n) is 8.66. The number of unbranched alkanes of at least 4 members (excludes halogenated alkanes) is 2. The molecule has 25 heavy (non-hydrogen) atoms. The highest BCUT2D eigenvalue weighted by molar-refractivity contribution is 5.84. The van der Waals surface area contributed by atoms with Crippen LogP contribution in [0.2, 0.25) is 0 Å². The summed E-state index contributed by atoms with van der Waals surface area (Å²) in [4.78, 5) is 22.6. The molecule has 0 heterocycles. The van der Waals surface area contributed by atoms with Crippen molar-refractivity contribution in [3.8, 4) is 5.75 Å². The lowest BCUT2D eigenvalue weighted by molar-refractivity contribution is -0.121. The number of fused-ring (bicyclic) bond motifs is 1. The van der Waals surface area contributed by atoms with Crippen LogP contribution in [0.25, 0.3) is 10.8 Å². The Morgan fingerprint density at radius 3 is 2.48 bits per heavy atom. The predicted molar refractivity (Wildman–Crippen MR) is 99.5 cm³/mol. The smallest absolute Gasteiger partial charge is 0.220 e. The third-order valence-corrected chi connectivity index (χ3v) is 4.06. The minimum Gasteiger partial charge on any atom is -0.497 e. The molecule has 0 fully saturated rings. The molecule has 134 valence electrons. The number of amides is 2. The first-order chi connectivity index (χ1) is 12.1. The third kappa shape index (κ3) is 6.45. The zero-order valence-corrected chi connectivity index (χ0v) is 14.9. The van der Waals surface area contributed by atoms with Gasteiger partial charge in [-0.2, -0.15) is 0 Å². The maximum Gasteiger partial charge on any atom is 0.220 e. The van der Waals surface area contributed by atoms with Crippen molar-refractivity contribution >= 4 is 22.6 Å². The summed E-state index contributed by atoms with van der Waals surface area (Å²) < 4.78 is 5.23. The summed E-state index contributed by atoms with van der Waals surface area (Å²) in [5.41, 5.74) is 1.08. The van der Waals surface area contributed by atoms with Crippen molar-refractivity contribution < 1.29 is 14.3 Å². The van der Waals surface area contributed by atoms with Gasteiger partial charge in [-0.1, -0.05) is 24.6 Å². The van der Waals surface area contributed by atoms with Crippen LogP contribution in [0.3, 0.4) is 0 Å². The second kappa shape index (κ2) is 9.67. The predicted octanol–water partition coefficient (Wildman–Crippen LogP) is 3.16. The quantitative estimate of drug-likeness (QED) is 0.688. The number of hydrogen-bond acceptors (Lipinski definition) is 3. The molecule has 2 rings (SSSR count). The maximum atomic E-state index is 11.9. The number of benzene rings is 2. The Labute approximate surface area is 148 Å². The molecule has 5 nitrogen and oxygen atoms in total. The zero-order chi connectivity index (χ0) is 18.1. The lowest BCUT2D eigenvalue weighted by Gasteiger charge is -2.08. The molecule has 0 unspecified atom stereocenters. The van der Waals surface area contributed by atoms with Gasteiger partial charge in [0.1, 0.15) is 5.75 Å². The summed E-state index contributed by atoms with van der Waals surface area (Å²) in [5.74, 6) is 0.896. The number of carbonyl (C=O) groups excluding carboxylic acids is 2. The fraction of sp³-hybridized carbons (Fsp3) is 0.400. The first-order valence-corrected chi connectivity index (χ1v) is 8.66. The van der Waals surface area contributed by atoms with Crippen molar-refractivity contribution in [2.45, 2.75) is 39.2 Å². The summed E-state index contributed by atoms with van der Waals surface area (Å²) in [6.07, 6.45) is 3.19. The van der Waals surface area contributed by atoms with Gasteiger partial charge in [-0.05, 0) is 47.4 Å². The second-order valence-corrected chi connectivity index (χ2v) is 6.12. The maximum absolute atomic E-state index is 11.9. The lowest BCUT2D eigenvalue weighted by atomic mass is 10.1. The summed E-state index contributed by atoms with van der Waals surface area (Å²) in [7, 11) is 1.66. The van der Waals surface area contributed by atoms with Gasteiger partial charge in [0, 0.05) is 26.4 Å². The SMILES string of the molecule is COc1ccc2cc(CNC(=O)CCCCCNC(C)=O)ccc2c1. The van der Waals surface area contributed by atoms with Crippen molar-refractivity contribution in [3.63, 3.8) is 0 Å². The fourth-order valence-electron chi connectivity index (χ4n) is 2.65. The Bertz CT molecular complexity index is 728. The molecular formula is C20H26N2O3. The van der Waals surface area contributed by atoms with E-state index in [4.69, 9.17) is 4.74 Å². The average Bonchev–Trinajstić information content (AvgIpc) is 2.62. The molecule has 2 N–H and O–H groups in total. The normalized spacial score (nSPS) is 10.5. The van der Waals surface area contributed by atoms with Crippen LogP contribution in [-0.2, 0) is 16.1 Å². The number of hydrogen-bond donors (Lipinski definition) is 2. The molecule has 0 bridgehead atoms. The van der Waals surface area contributed by atoms with E-state index in [1.807, 2.05) is 30.3 Å². The molecule has 0 radical (unpaired) electrons. The van der Waals surface area contributed by atoms with Crippen LogP contribution in [0.1, 0.15) is 38.2 Å². The van der Waals surface area contributed by atoms with Crippen LogP contribution in [0.15, 0.2) is 36.4 Å². The largest absolute Gasteiger partial charge is 0.497 e. The molecule has 0 aliphatic rings. The molecule has 5 heteroatoms. The number of carbonyl (C=O) groups is 2. The number of ether oxygens (including phenoxy) is 1. The minimum absolute atomic E-state index is 0.00780. The highest BCUT2D eigenvalue weighted by atomic mass is 16.5. The Morgan fingerprint density at radius 1 is 0.960 bits per heavy atom. The Morgan fingerprint density at radius 2 is 1.72 bits per heavy atom. The number of methoxy groups -OCH3 is 1. The molecule has 2 aromatic carbocycles. The van der Waals surface area contributed by atoms with E-state index in [1.54, 1.807) is 7.11 Å². The number of rotatable bonds is 9. The standard InChI is InChI=1S/C20H26N2O3/c1-15(23)21-11-5-3-4-6-20(24)22-14-16-7-8-18-13-19(25-2)10-9-17(18)12-16/h7-10,12-13H,3-6,11,14H2,1-2H3,(H,21,23)(H,22,24). The monoisotopic (exact) mass is 342 g/mol. The van der Waals surface area contributed by atoms with Crippen LogP contribution in [0, 0.1) is 0 Å². The van der Waals surface area contributed by atoms with Crippen LogP contribution < -0.4 is 15.4 Å². The first kappa shape index (κ1) is 18.8. The molecule has 0 aliphatic heterocycles. The van der Waals surface area contributed by atoms with E-state index in [2.05, 4.69) is 16.7 Å². The van der Waals surface area contributed by atoms with Gasteiger partial charge in [0.2, 0.25) is 11.8 Å². The highest BCUT2D eigenvalue weighted by Gasteiger charge is 2.03. The Kier molecular flexibility index (Phi) is 7.26. The molecule has 0 spiro atoms. The van der Waals surface area contributed by atoms with E-state index >= 15 is 0 Å². The van der Waals surface area contributed by atoms with Crippen LogP contribution in [-0.4, -0.2) is 25.5 Å². The topological polar surface area (TPSA) is 67.4 Å². The van der Waals surface area contributed by atoms with E-state index < -0.39 is 0 Å². The second-order valence-electron chi connectivity index (χ2n) is 6.12. The van der Waals surface area contributed by atoms with Crippen molar-refractivity contribution in [1.29, 1.82) is 0 Å². The van der Waals surface area contributed by atoms with Gasteiger partial charge in [0.15, 0.2) is 0 Å². The van der Waals surface area contributed by atoms with Crippen LogP contribution in [0.4, 0.5) is 0 Å².